The molecule has 21 heavy (non-hydrogen) atoms. The molecule has 0 unspecified atom stereocenters. The van der Waals surface area contributed by atoms with Crippen LogP contribution in [0.25, 0.3) is 0 Å². The summed E-state index contributed by atoms with van der Waals surface area (Å²) in [6.07, 6.45) is 0. The molecule has 0 atom stereocenters. The van der Waals surface area contributed by atoms with E-state index in [0.717, 1.165) is 0 Å². The van der Waals surface area contributed by atoms with Crippen LogP contribution in [-0.4, -0.2) is 10.8 Å². The number of rotatable bonds is 4. The molecule has 3 N–H and O–H groups in total. The molecule has 0 fully saturated rings. The minimum atomic E-state index is -0.591. The van der Waals surface area contributed by atoms with E-state index in [1.165, 1.54) is 18.2 Å². The number of nitro benzene ring substituents is 1. The van der Waals surface area contributed by atoms with Gasteiger partial charge in [0.2, 0.25) is 5.75 Å². The minimum absolute atomic E-state index is 0.0185. The average molecular weight is 371 g/mol. The largest absolute Gasteiger partial charge is 0.449 e. The second kappa shape index (κ2) is 6.11. The number of amidine groups is 1. The Labute approximate surface area is 133 Å². The Kier molecular flexibility index (Phi) is 4.44. The predicted molar refractivity (Wildman–Crippen MR) is 83.3 cm³/mol. The van der Waals surface area contributed by atoms with Gasteiger partial charge in [-0.3, -0.25) is 15.5 Å². The monoisotopic (exact) mass is 369 g/mol. The standard InChI is InChI=1S/C13H9BrClN3O3/c14-7-1-3-9(13(16)17)12(5-7)21-11-4-2-8(15)6-10(11)18(19)20/h1-6H,(H3,16,17). The molecule has 0 saturated heterocycles. The van der Waals surface area contributed by atoms with Crippen molar-refractivity contribution in [3.63, 3.8) is 0 Å². The number of halogens is 2. The second-order valence-corrected chi connectivity index (χ2v) is 5.38. The van der Waals surface area contributed by atoms with Crippen LogP contribution in [0.1, 0.15) is 5.56 Å². The Morgan fingerprint density at radius 1 is 1.29 bits per heavy atom. The molecule has 0 heterocycles. The number of nitrogen functional groups attached to an aromatic ring is 1. The Balaban J connectivity index is 2.50. The molecule has 2 aromatic carbocycles. The molecule has 0 aliphatic rings. The van der Waals surface area contributed by atoms with Crippen molar-refractivity contribution in [2.75, 3.05) is 0 Å². The molecule has 0 amide bonds. The highest BCUT2D eigenvalue weighted by Gasteiger charge is 2.18. The average Bonchev–Trinajstić information content (AvgIpc) is 2.40. The van der Waals surface area contributed by atoms with Crippen LogP contribution in [-0.2, 0) is 0 Å². The number of hydrogen-bond donors (Lipinski definition) is 2. The van der Waals surface area contributed by atoms with Gasteiger partial charge in [-0.2, -0.15) is 0 Å². The van der Waals surface area contributed by atoms with Gasteiger partial charge in [-0.15, -0.1) is 0 Å². The highest BCUT2D eigenvalue weighted by molar-refractivity contribution is 9.10. The van der Waals surface area contributed by atoms with Crippen LogP contribution >= 0.6 is 27.5 Å². The first-order valence-electron chi connectivity index (χ1n) is 5.64. The molecule has 0 aromatic heterocycles. The van der Waals surface area contributed by atoms with Gasteiger partial charge in [0.05, 0.1) is 10.5 Å². The van der Waals surface area contributed by atoms with Crippen LogP contribution in [0.2, 0.25) is 5.02 Å². The third kappa shape index (κ3) is 3.50. The van der Waals surface area contributed by atoms with Gasteiger partial charge in [-0.1, -0.05) is 27.5 Å². The Bertz CT molecular complexity index is 737. The molecule has 0 bridgehead atoms. The summed E-state index contributed by atoms with van der Waals surface area (Å²) in [6, 6.07) is 8.93. The maximum absolute atomic E-state index is 11.0. The number of hydrogen-bond acceptors (Lipinski definition) is 4. The summed E-state index contributed by atoms with van der Waals surface area (Å²) in [5.74, 6) is 0.0569. The summed E-state index contributed by atoms with van der Waals surface area (Å²) in [4.78, 5) is 10.5. The zero-order valence-corrected chi connectivity index (χ0v) is 12.8. The normalized spacial score (nSPS) is 10.2. The first kappa shape index (κ1) is 15.3. The number of nitrogens with two attached hydrogens (primary N) is 1. The lowest BCUT2D eigenvalue weighted by Gasteiger charge is -2.11. The fourth-order valence-electron chi connectivity index (χ4n) is 1.64. The number of nitro groups is 1. The zero-order chi connectivity index (χ0) is 15.6. The van der Waals surface area contributed by atoms with Crippen LogP contribution in [0.4, 0.5) is 5.69 Å². The molecular formula is C13H9BrClN3O3. The van der Waals surface area contributed by atoms with Crippen molar-refractivity contribution in [2.24, 2.45) is 5.73 Å². The molecule has 108 valence electrons. The molecule has 8 heteroatoms. The molecule has 2 aromatic rings. The topological polar surface area (TPSA) is 102 Å². The summed E-state index contributed by atoms with van der Waals surface area (Å²) < 4.78 is 6.24. The lowest BCUT2D eigenvalue weighted by Crippen LogP contribution is -2.12. The highest BCUT2D eigenvalue weighted by Crippen LogP contribution is 2.35. The van der Waals surface area contributed by atoms with Gasteiger partial charge < -0.3 is 10.5 Å². The van der Waals surface area contributed by atoms with Gasteiger partial charge in [0.1, 0.15) is 11.6 Å². The molecule has 6 nitrogen and oxygen atoms in total. The van der Waals surface area contributed by atoms with Crippen molar-refractivity contribution in [3.8, 4) is 11.5 Å². The van der Waals surface area contributed by atoms with Crippen LogP contribution in [0.5, 0.6) is 11.5 Å². The second-order valence-electron chi connectivity index (χ2n) is 4.03. The molecule has 0 spiro atoms. The summed E-state index contributed by atoms with van der Waals surface area (Å²) in [6.45, 7) is 0. The Morgan fingerprint density at radius 2 is 2.00 bits per heavy atom. The van der Waals surface area contributed by atoms with Crippen molar-refractivity contribution >= 4 is 39.1 Å². The van der Waals surface area contributed by atoms with Crippen molar-refractivity contribution in [3.05, 3.63) is 61.6 Å². The fraction of sp³-hybridized carbons (Fsp3) is 0. The SMILES string of the molecule is N=C(N)c1ccc(Br)cc1Oc1ccc(Cl)cc1[N+](=O)[O-]. The number of nitrogens with zero attached hydrogens (tertiary/aromatic N) is 1. The van der Waals surface area contributed by atoms with Crippen LogP contribution in [0, 0.1) is 15.5 Å². The quantitative estimate of drug-likeness (QED) is 0.366. The molecular weight excluding hydrogens is 362 g/mol. The van der Waals surface area contributed by atoms with Gasteiger partial charge in [0.25, 0.3) is 0 Å². The summed E-state index contributed by atoms with van der Waals surface area (Å²) in [7, 11) is 0. The van der Waals surface area contributed by atoms with E-state index in [4.69, 9.17) is 27.5 Å². The minimum Gasteiger partial charge on any atom is -0.449 e. The number of nitrogens with one attached hydrogen (secondary N) is 1. The molecule has 0 aliphatic heterocycles. The van der Waals surface area contributed by atoms with Crippen LogP contribution < -0.4 is 10.5 Å². The van der Waals surface area contributed by atoms with Gasteiger partial charge in [0.15, 0.2) is 0 Å². The number of benzene rings is 2. The van der Waals surface area contributed by atoms with Gasteiger partial charge >= 0.3 is 5.69 Å². The summed E-state index contributed by atoms with van der Waals surface area (Å²) >= 11 is 9.02. The van der Waals surface area contributed by atoms with Crippen molar-refractivity contribution in [1.82, 2.24) is 0 Å². The fourth-order valence-corrected chi connectivity index (χ4v) is 2.15. The van der Waals surface area contributed by atoms with Crippen LogP contribution in [0.3, 0.4) is 0 Å². The van der Waals surface area contributed by atoms with E-state index in [1.54, 1.807) is 18.2 Å². The smallest absolute Gasteiger partial charge is 0.313 e. The van der Waals surface area contributed by atoms with Gasteiger partial charge in [-0.25, -0.2) is 0 Å². The molecule has 0 radical (unpaired) electrons. The van der Waals surface area contributed by atoms with Crippen LogP contribution in [0.15, 0.2) is 40.9 Å². The van der Waals surface area contributed by atoms with Crippen molar-refractivity contribution in [1.29, 1.82) is 5.41 Å². The number of ether oxygens (including phenoxy) is 1. The molecule has 0 saturated carbocycles. The summed E-state index contributed by atoms with van der Waals surface area (Å²) in [5, 5.41) is 18.8. The first-order valence-corrected chi connectivity index (χ1v) is 6.81. The third-order valence-electron chi connectivity index (χ3n) is 2.57. The van der Waals surface area contributed by atoms with Crippen molar-refractivity contribution in [2.45, 2.75) is 0 Å². The lowest BCUT2D eigenvalue weighted by atomic mass is 10.2. The maximum atomic E-state index is 11.0. The summed E-state index contributed by atoms with van der Waals surface area (Å²) in [5.41, 5.74) is 5.54. The zero-order valence-electron chi connectivity index (χ0n) is 10.5. The van der Waals surface area contributed by atoms with E-state index in [-0.39, 0.29) is 28.0 Å². The van der Waals surface area contributed by atoms with E-state index in [0.29, 0.717) is 10.0 Å². The lowest BCUT2D eigenvalue weighted by molar-refractivity contribution is -0.385. The maximum Gasteiger partial charge on any atom is 0.313 e. The van der Waals surface area contributed by atoms with Gasteiger partial charge in [0, 0.05) is 15.6 Å². The highest BCUT2D eigenvalue weighted by atomic mass is 79.9. The molecule has 0 aliphatic carbocycles. The molecule has 2 rings (SSSR count). The third-order valence-corrected chi connectivity index (χ3v) is 3.30. The van der Waals surface area contributed by atoms with E-state index < -0.39 is 4.92 Å². The Morgan fingerprint density at radius 3 is 2.62 bits per heavy atom. The van der Waals surface area contributed by atoms with E-state index in [2.05, 4.69) is 15.9 Å². The van der Waals surface area contributed by atoms with E-state index in [1.807, 2.05) is 0 Å². The van der Waals surface area contributed by atoms with E-state index in [9.17, 15) is 10.1 Å². The first-order chi connectivity index (χ1) is 9.88. The van der Waals surface area contributed by atoms with Crippen molar-refractivity contribution < 1.29 is 9.66 Å². The van der Waals surface area contributed by atoms with E-state index >= 15 is 0 Å². The Hall–Kier alpha value is -2.12. The van der Waals surface area contributed by atoms with Gasteiger partial charge in [-0.05, 0) is 30.3 Å². The predicted octanol–water partition coefficient (Wildman–Crippen LogP) is 4.09.